The van der Waals surface area contributed by atoms with Crippen LogP contribution >= 0.6 is 0 Å². The third-order valence-electron chi connectivity index (χ3n) is 4.44. The van der Waals surface area contributed by atoms with Gasteiger partial charge in [0.25, 0.3) is 0 Å². The number of halogens is 1. The Kier molecular flexibility index (Phi) is 6.13. The van der Waals surface area contributed by atoms with E-state index in [0.29, 0.717) is 13.0 Å². The van der Waals surface area contributed by atoms with Crippen LogP contribution in [-0.4, -0.2) is 28.8 Å². The fourth-order valence-electron chi connectivity index (χ4n) is 2.96. The molecule has 1 saturated carbocycles. The van der Waals surface area contributed by atoms with Gasteiger partial charge in [-0.3, -0.25) is 9.59 Å². The Morgan fingerprint density at radius 1 is 1.26 bits per heavy atom. The molecule has 0 unspecified atom stereocenters. The Labute approximate surface area is 137 Å². The lowest BCUT2D eigenvalue weighted by atomic mass is 10.1. The van der Waals surface area contributed by atoms with E-state index in [-0.39, 0.29) is 23.7 Å². The predicted molar refractivity (Wildman–Crippen MR) is 87.1 cm³/mol. The van der Waals surface area contributed by atoms with Crippen molar-refractivity contribution in [1.29, 1.82) is 0 Å². The summed E-state index contributed by atoms with van der Waals surface area (Å²) in [6.07, 6.45) is 4.65. The Hall–Kier alpha value is -1.91. The molecule has 1 aliphatic rings. The van der Waals surface area contributed by atoms with E-state index in [0.717, 1.165) is 31.2 Å². The second-order valence-electron chi connectivity index (χ2n) is 6.17. The van der Waals surface area contributed by atoms with Crippen LogP contribution < -0.4 is 5.32 Å². The first-order valence-corrected chi connectivity index (χ1v) is 8.35. The molecule has 0 bridgehead atoms. The van der Waals surface area contributed by atoms with E-state index in [2.05, 4.69) is 5.32 Å². The highest BCUT2D eigenvalue weighted by molar-refractivity contribution is 5.87. The normalized spacial score (nSPS) is 16.1. The van der Waals surface area contributed by atoms with Crippen molar-refractivity contribution in [2.45, 2.75) is 64.6 Å². The van der Waals surface area contributed by atoms with Gasteiger partial charge in [0.15, 0.2) is 0 Å². The summed E-state index contributed by atoms with van der Waals surface area (Å²) in [6.45, 7) is 3.84. The molecule has 4 nitrogen and oxygen atoms in total. The summed E-state index contributed by atoms with van der Waals surface area (Å²) in [5, 5.41) is 3.04. The molecule has 1 fully saturated rings. The van der Waals surface area contributed by atoms with Gasteiger partial charge in [-0.05, 0) is 37.5 Å². The Morgan fingerprint density at radius 2 is 1.87 bits per heavy atom. The summed E-state index contributed by atoms with van der Waals surface area (Å²) in [6, 6.07) is 5.72. The van der Waals surface area contributed by atoms with Gasteiger partial charge in [0, 0.05) is 19.0 Å². The maximum absolute atomic E-state index is 13.0. The number of hydrogen-bond acceptors (Lipinski definition) is 2. The Bertz CT molecular complexity index is 538. The summed E-state index contributed by atoms with van der Waals surface area (Å²) in [5.74, 6) is -0.502. The number of carbonyl (C=O) groups is 2. The molecule has 23 heavy (non-hydrogen) atoms. The molecule has 2 rings (SSSR count). The zero-order valence-electron chi connectivity index (χ0n) is 13.8. The monoisotopic (exact) mass is 320 g/mol. The smallest absolute Gasteiger partial charge is 0.242 e. The number of hydrogen-bond donors (Lipinski definition) is 1. The van der Waals surface area contributed by atoms with Crippen LogP contribution in [0.15, 0.2) is 24.3 Å². The van der Waals surface area contributed by atoms with Gasteiger partial charge in [0.05, 0.1) is 0 Å². The fraction of sp³-hybridized carbons (Fsp3) is 0.556. The number of benzene rings is 1. The van der Waals surface area contributed by atoms with E-state index >= 15 is 0 Å². The van der Waals surface area contributed by atoms with Crippen LogP contribution in [0.5, 0.6) is 0 Å². The molecule has 1 atom stereocenters. The lowest BCUT2D eigenvalue weighted by molar-refractivity contribution is -0.140. The van der Waals surface area contributed by atoms with E-state index in [4.69, 9.17) is 0 Å². The topological polar surface area (TPSA) is 49.4 Å². The van der Waals surface area contributed by atoms with Gasteiger partial charge in [0.2, 0.25) is 11.8 Å². The zero-order chi connectivity index (χ0) is 16.8. The Balaban J connectivity index is 2.05. The van der Waals surface area contributed by atoms with Crippen molar-refractivity contribution in [2.24, 2.45) is 0 Å². The summed E-state index contributed by atoms with van der Waals surface area (Å²) in [7, 11) is 0. The van der Waals surface area contributed by atoms with E-state index in [1.165, 1.54) is 12.1 Å². The van der Waals surface area contributed by atoms with Crippen molar-refractivity contribution >= 4 is 11.8 Å². The highest BCUT2D eigenvalue weighted by Gasteiger charge is 2.27. The lowest BCUT2D eigenvalue weighted by Crippen LogP contribution is -2.49. The van der Waals surface area contributed by atoms with Crippen molar-refractivity contribution in [3.63, 3.8) is 0 Å². The molecular weight excluding hydrogens is 295 g/mol. The van der Waals surface area contributed by atoms with E-state index in [1.807, 2.05) is 0 Å². The minimum atomic E-state index is -0.534. The first-order chi connectivity index (χ1) is 11.0. The molecule has 0 aromatic heterocycles. The number of nitrogens with one attached hydrogen (secondary N) is 1. The molecule has 0 aliphatic heterocycles. The number of carbonyl (C=O) groups excluding carboxylic acids is 2. The van der Waals surface area contributed by atoms with Crippen molar-refractivity contribution in [1.82, 2.24) is 10.2 Å². The van der Waals surface area contributed by atoms with Crippen LogP contribution in [0, 0.1) is 5.82 Å². The van der Waals surface area contributed by atoms with E-state index < -0.39 is 6.04 Å². The maximum Gasteiger partial charge on any atom is 0.242 e. The summed E-state index contributed by atoms with van der Waals surface area (Å²) >= 11 is 0. The third kappa shape index (κ3) is 4.78. The number of nitrogens with zero attached hydrogens (tertiary/aromatic N) is 1. The molecule has 126 valence electrons. The molecule has 0 spiro atoms. The first kappa shape index (κ1) is 17.4. The lowest BCUT2D eigenvalue weighted by Gasteiger charge is -2.29. The fourth-order valence-corrected chi connectivity index (χ4v) is 2.96. The minimum absolute atomic E-state index is 0.0802. The second kappa shape index (κ2) is 8.09. The van der Waals surface area contributed by atoms with Gasteiger partial charge in [-0.2, -0.15) is 0 Å². The van der Waals surface area contributed by atoms with Crippen LogP contribution in [0.3, 0.4) is 0 Å². The van der Waals surface area contributed by atoms with Gasteiger partial charge in [-0.25, -0.2) is 4.39 Å². The molecule has 1 aromatic rings. The van der Waals surface area contributed by atoms with Crippen molar-refractivity contribution in [2.75, 3.05) is 0 Å². The summed E-state index contributed by atoms with van der Waals surface area (Å²) < 4.78 is 13.0. The maximum atomic E-state index is 13.0. The highest BCUT2D eigenvalue weighted by Crippen LogP contribution is 2.18. The van der Waals surface area contributed by atoms with Crippen LogP contribution in [-0.2, 0) is 16.1 Å². The molecule has 0 radical (unpaired) electrons. The van der Waals surface area contributed by atoms with Crippen LogP contribution in [0.2, 0.25) is 0 Å². The standard InChI is InChI=1S/C18H25FN2O2/c1-3-17(22)21(12-14-8-10-15(19)11-9-14)13(2)18(23)20-16-6-4-5-7-16/h8-11,13,16H,3-7,12H2,1-2H3,(H,20,23)/t13-/m0/s1. The molecule has 5 heteroatoms. The van der Waals surface area contributed by atoms with Gasteiger partial charge in [-0.15, -0.1) is 0 Å². The van der Waals surface area contributed by atoms with Gasteiger partial charge >= 0.3 is 0 Å². The quantitative estimate of drug-likeness (QED) is 0.876. The van der Waals surface area contributed by atoms with Crippen LogP contribution in [0.1, 0.15) is 51.5 Å². The van der Waals surface area contributed by atoms with E-state index in [1.54, 1.807) is 30.9 Å². The van der Waals surface area contributed by atoms with E-state index in [9.17, 15) is 14.0 Å². The first-order valence-electron chi connectivity index (χ1n) is 8.35. The summed E-state index contributed by atoms with van der Waals surface area (Å²) in [4.78, 5) is 26.2. The molecule has 1 aliphatic carbocycles. The molecule has 2 amide bonds. The second-order valence-corrected chi connectivity index (χ2v) is 6.17. The number of rotatable bonds is 6. The highest BCUT2D eigenvalue weighted by atomic mass is 19.1. The summed E-state index contributed by atoms with van der Waals surface area (Å²) in [5.41, 5.74) is 0.814. The SMILES string of the molecule is CCC(=O)N(Cc1ccc(F)cc1)[C@@H](C)C(=O)NC1CCCC1. The number of amides is 2. The predicted octanol–water partition coefficient (Wildman–Crippen LogP) is 3.01. The van der Waals surface area contributed by atoms with Crippen molar-refractivity contribution < 1.29 is 14.0 Å². The van der Waals surface area contributed by atoms with Crippen LogP contribution in [0.4, 0.5) is 4.39 Å². The Morgan fingerprint density at radius 3 is 2.43 bits per heavy atom. The third-order valence-corrected chi connectivity index (χ3v) is 4.44. The molecule has 0 heterocycles. The van der Waals surface area contributed by atoms with Crippen molar-refractivity contribution in [3.8, 4) is 0 Å². The van der Waals surface area contributed by atoms with Gasteiger partial charge in [0.1, 0.15) is 11.9 Å². The van der Waals surface area contributed by atoms with Crippen LogP contribution in [0.25, 0.3) is 0 Å². The van der Waals surface area contributed by atoms with Gasteiger partial charge < -0.3 is 10.2 Å². The zero-order valence-corrected chi connectivity index (χ0v) is 13.8. The van der Waals surface area contributed by atoms with Gasteiger partial charge in [-0.1, -0.05) is 31.9 Å². The minimum Gasteiger partial charge on any atom is -0.352 e. The molecule has 1 N–H and O–H groups in total. The molecule has 0 saturated heterocycles. The molecule has 1 aromatic carbocycles. The molecular formula is C18H25FN2O2. The average Bonchev–Trinajstić information content (AvgIpc) is 3.06. The average molecular weight is 320 g/mol. The van der Waals surface area contributed by atoms with Crippen molar-refractivity contribution in [3.05, 3.63) is 35.6 Å². The largest absolute Gasteiger partial charge is 0.352 e.